The molecule has 7 heteroatoms. The Kier molecular flexibility index (Phi) is 6.80. The number of hydrogen-bond acceptors (Lipinski definition) is 3. The number of guanidine groups is 1. The predicted molar refractivity (Wildman–Crippen MR) is 89.0 cm³/mol. The van der Waals surface area contributed by atoms with Gasteiger partial charge in [0.1, 0.15) is 12.4 Å². The normalized spacial score (nSPS) is 11.3. The molecule has 0 fully saturated rings. The van der Waals surface area contributed by atoms with E-state index in [1.165, 1.54) is 17.0 Å². The van der Waals surface area contributed by atoms with Crippen LogP contribution < -0.4 is 15.4 Å². The monoisotopic (exact) mass is 339 g/mol. The SMILES string of the molecule is CCNC(=NCc1cccs1)NCCOc1ccc(F)cc1F. The highest BCUT2D eigenvalue weighted by molar-refractivity contribution is 7.09. The van der Waals surface area contributed by atoms with Gasteiger partial charge in [-0.1, -0.05) is 6.07 Å². The number of halogens is 2. The zero-order chi connectivity index (χ0) is 16.5. The van der Waals surface area contributed by atoms with Crippen molar-refractivity contribution in [2.24, 2.45) is 4.99 Å². The first-order chi connectivity index (χ1) is 11.2. The predicted octanol–water partition coefficient (Wildman–Crippen LogP) is 3.16. The van der Waals surface area contributed by atoms with Crippen molar-refractivity contribution >= 4 is 17.3 Å². The van der Waals surface area contributed by atoms with E-state index in [2.05, 4.69) is 15.6 Å². The van der Waals surface area contributed by atoms with Crippen LogP contribution in [0.25, 0.3) is 0 Å². The number of hydrogen-bond donors (Lipinski definition) is 2. The molecule has 0 aliphatic heterocycles. The summed E-state index contributed by atoms with van der Waals surface area (Å²) in [6.07, 6.45) is 0. The van der Waals surface area contributed by atoms with Gasteiger partial charge >= 0.3 is 0 Å². The third-order valence-corrected chi connectivity index (χ3v) is 3.72. The molecule has 0 aliphatic carbocycles. The van der Waals surface area contributed by atoms with Crippen LogP contribution in [0.4, 0.5) is 8.78 Å². The van der Waals surface area contributed by atoms with Gasteiger partial charge in [0.15, 0.2) is 17.5 Å². The summed E-state index contributed by atoms with van der Waals surface area (Å²) in [5.74, 6) is -0.621. The molecule has 0 aliphatic rings. The lowest BCUT2D eigenvalue weighted by Gasteiger charge is -2.12. The van der Waals surface area contributed by atoms with E-state index in [0.717, 1.165) is 12.6 Å². The molecule has 0 radical (unpaired) electrons. The standard InChI is InChI=1S/C16H19F2N3OS/c1-2-19-16(21-11-13-4-3-9-23-13)20-7-8-22-15-6-5-12(17)10-14(15)18/h3-6,9-10H,2,7-8,11H2,1H3,(H2,19,20,21). The zero-order valence-electron chi connectivity index (χ0n) is 12.8. The topological polar surface area (TPSA) is 45.7 Å². The Morgan fingerprint density at radius 1 is 1.26 bits per heavy atom. The van der Waals surface area contributed by atoms with Gasteiger partial charge < -0.3 is 15.4 Å². The fraction of sp³-hybridized carbons (Fsp3) is 0.312. The maximum atomic E-state index is 13.4. The van der Waals surface area contributed by atoms with Crippen molar-refractivity contribution < 1.29 is 13.5 Å². The van der Waals surface area contributed by atoms with Gasteiger partial charge in [-0.15, -0.1) is 11.3 Å². The van der Waals surface area contributed by atoms with Crippen LogP contribution in [0.2, 0.25) is 0 Å². The van der Waals surface area contributed by atoms with Crippen LogP contribution in [-0.4, -0.2) is 25.7 Å². The van der Waals surface area contributed by atoms with Crippen LogP contribution in [0.15, 0.2) is 40.7 Å². The lowest BCUT2D eigenvalue weighted by atomic mass is 10.3. The molecular formula is C16H19F2N3OS. The average molecular weight is 339 g/mol. The van der Waals surface area contributed by atoms with E-state index in [9.17, 15) is 8.78 Å². The van der Waals surface area contributed by atoms with Crippen LogP contribution in [0.3, 0.4) is 0 Å². The highest BCUT2D eigenvalue weighted by atomic mass is 32.1. The van der Waals surface area contributed by atoms with E-state index in [4.69, 9.17) is 4.74 Å². The minimum Gasteiger partial charge on any atom is -0.489 e. The van der Waals surface area contributed by atoms with Crippen molar-refractivity contribution in [2.75, 3.05) is 19.7 Å². The number of benzene rings is 1. The van der Waals surface area contributed by atoms with Gasteiger partial charge in [0.05, 0.1) is 13.1 Å². The number of nitrogens with one attached hydrogen (secondary N) is 2. The molecule has 2 N–H and O–H groups in total. The van der Waals surface area contributed by atoms with Crippen LogP contribution in [-0.2, 0) is 6.54 Å². The Hall–Kier alpha value is -2.15. The Labute approximate surface area is 138 Å². The van der Waals surface area contributed by atoms with E-state index >= 15 is 0 Å². The van der Waals surface area contributed by atoms with Gasteiger partial charge in [-0.25, -0.2) is 13.8 Å². The Morgan fingerprint density at radius 2 is 2.13 bits per heavy atom. The lowest BCUT2D eigenvalue weighted by Crippen LogP contribution is -2.39. The van der Waals surface area contributed by atoms with E-state index < -0.39 is 11.6 Å². The molecule has 0 amide bonds. The van der Waals surface area contributed by atoms with E-state index in [-0.39, 0.29) is 12.4 Å². The largest absolute Gasteiger partial charge is 0.489 e. The summed E-state index contributed by atoms with van der Waals surface area (Å²) >= 11 is 1.65. The van der Waals surface area contributed by atoms with Gasteiger partial charge in [0, 0.05) is 17.5 Å². The summed E-state index contributed by atoms with van der Waals surface area (Å²) in [6.45, 7) is 4.01. The number of rotatable bonds is 7. The summed E-state index contributed by atoms with van der Waals surface area (Å²) < 4.78 is 31.5. The third-order valence-electron chi connectivity index (χ3n) is 2.86. The molecule has 0 atom stereocenters. The van der Waals surface area contributed by atoms with E-state index in [0.29, 0.717) is 19.0 Å². The van der Waals surface area contributed by atoms with Crippen molar-refractivity contribution in [3.05, 3.63) is 52.2 Å². The van der Waals surface area contributed by atoms with Crippen molar-refractivity contribution in [3.63, 3.8) is 0 Å². The molecule has 0 saturated carbocycles. The molecular weight excluding hydrogens is 320 g/mol. The fourth-order valence-corrected chi connectivity index (χ4v) is 2.45. The molecule has 0 bridgehead atoms. The van der Waals surface area contributed by atoms with Crippen LogP contribution in [0.1, 0.15) is 11.8 Å². The Balaban J connectivity index is 1.78. The number of aliphatic imine (C=N–C) groups is 1. The molecule has 2 aromatic rings. The summed E-state index contributed by atoms with van der Waals surface area (Å²) in [7, 11) is 0. The van der Waals surface area contributed by atoms with Gasteiger partial charge in [-0.3, -0.25) is 0 Å². The van der Waals surface area contributed by atoms with Gasteiger partial charge in [0.2, 0.25) is 0 Å². The first kappa shape index (κ1) is 17.2. The molecule has 2 rings (SSSR count). The highest BCUT2D eigenvalue weighted by Crippen LogP contribution is 2.17. The molecule has 1 aromatic heterocycles. The maximum absolute atomic E-state index is 13.4. The Bertz CT molecular complexity index is 632. The second-order valence-electron chi connectivity index (χ2n) is 4.62. The van der Waals surface area contributed by atoms with Crippen LogP contribution in [0, 0.1) is 11.6 Å². The highest BCUT2D eigenvalue weighted by Gasteiger charge is 2.04. The maximum Gasteiger partial charge on any atom is 0.191 e. The van der Waals surface area contributed by atoms with E-state index in [1.54, 1.807) is 11.3 Å². The lowest BCUT2D eigenvalue weighted by molar-refractivity contribution is 0.304. The third kappa shape index (κ3) is 5.86. The molecule has 23 heavy (non-hydrogen) atoms. The fourth-order valence-electron chi connectivity index (χ4n) is 1.82. The molecule has 1 heterocycles. The molecule has 1 aromatic carbocycles. The number of nitrogens with zero attached hydrogens (tertiary/aromatic N) is 1. The van der Waals surface area contributed by atoms with Crippen molar-refractivity contribution in [2.45, 2.75) is 13.5 Å². The minimum absolute atomic E-state index is 0.0359. The summed E-state index contributed by atoms with van der Waals surface area (Å²) in [5, 5.41) is 8.24. The molecule has 4 nitrogen and oxygen atoms in total. The zero-order valence-corrected chi connectivity index (χ0v) is 13.6. The van der Waals surface area contributed by atoms with Gasteiger partial charge in [-0.05, 0) is 30.5 Å². The molecule has 0 spiro atoms. The second kappa shape index (κ2) is 9.09. The van der Waals surface area contributed by atoms with Crippen molar-refractivity contribution in [3.8, 4) is 5.75 Å². The summed E-state index contributed by atoms with van der Waals surface area (Å²) in [6, 6.07) is 7.26. The molecule has 0 unspecified atom stereocenters. The summed E-state index contributed by atoms with van der Waals surface area (Å²) in [4.78, 5) is 5.63. The average Bonchev–Trinajstić information content (AvgIpc) is 3.04. The van der Waals surface area contributed by atoms with Crippen molar-refractivity contribution in [1.82, 2.24) is 10.6 Å². The van der Waals surface area contributed by atoms with Gasteiger partial charge in [-0.2, -0.15) is 0 Å². The number of thiophene rings is 1. The summed E-state index contributed by atoms with van der Waals surface area (Å²) in [5.41, 5.74) is 0. The second-order valence-corrected chi connectivity index (χ2v) is 5.66. The van der Waals surface area contributed by atoms with Gasteiger partial charge in [0.25, 0.3) is 0 Å². The molecule has 0 saturated heterocycles. The first-order valence-electron chi connectivity index (χ1n) is 7.31. The Morgan fingerprint density at radius 3 is 2.83 bits per heavy atom. The molecule has 124 valence electrons. The van der Waals surface area contributed by atoms with Crippen LogP contribution in [0.5, 0.6) is 5.75 Å². The smallest absolute Gasteiger partial charge is 0.191 e. The first-order valence-corrected chi connectivity index (χ1v) is 8.19. The van der Waals surface area contributed by atoms with E-state index in [1.807, 2.05) is 24.4 Å². The van der Waals surface area contributed by atoms with Crippen molar-refractivity contribution in [1.29, 1.82) is 0 Å². The number of ether oxygens (including phenoxy) is 1. The minimum atomic E-state index is -0.705. The van der Waals surface area contributed by atoms with Crippen LogP contribution >= 0.6 is 11.3 Å². The quantitative estimate of drug-likeness (QED) is 0.463.